The van der Waals surface area contributed by atoms with Gasteiger partial charge in [0.2, 0.25) is 0 Å². The summed E-state index contributed by atoms with van der Waals surface area (Å²) in [6.45, 7) is 9.03. The molecule has 0 amide bonds. The molecule has 0 aromatic carbocycles. The average Bonchev–Trinajstić information content (AvgIpc) is 2.48. The maximum absolute atomic E-state index is 11.3. The van der Waals surface area contributed by atoms with Gasteiger partial charge in [0.15, 0.2) is 0 Å². The van der Waals surface area contributed by atoms with E-state index in [1.807, 2.05) is 27.7 Å². The normalized spacial score (nSPS) is 15.6. The van der Waals surface area contributed by atoms with Crippen LogP contribution in [0.2, 0.25) is 0 Å². The molecule has 0 radical (unpaired) electrons. The Labute approximate surface area is 173 Å². The second-order valence-corrected chi connectivity index (χ2v) is 16.6. The van der Waals surface area contributed by atoms with E-state index >= 15 is 0 Å². The quantitative estimate of drug-likeness (QED) is 0.296. The van der Waals surface area contributed by atoms with E-state index in [0.29, 0.717) is 13.2 Å². The fraction of sp³-hybridized carbons (Fsp3) is 1.00. The number of rotatable bonds is 12. The third kappa shape index (κ3) is 24.5. The van der Waals surface area contributed by atoms with Crippen molar-refractivity contribution in [3.8, 4) is 0 Å². The van der Waals surface area contributed by atoms with Crippen molar-refractivity contribution in [2.24, 2.45) is 0 Å². The van der Waals surface area contributed by atoms with Crippen molar-refractivity contribution >= 4 is 57.8 Å². The molecule has 2 atom stereocenters. The molecule has 0 spiro atoms. The largest absolute Gasteiger partial charge is 2.00 e. The topological polar surface area (TPSA) is 64.6 Å². The summed E-state index contributed by atoms with van der Waals surface area (Å²) in [6, 6.07) is 0. The summed E-state index contributed by atoms with van der Waals surface area (Å²) in [7, 11) is 0. The van der Waals surface area contributed by atoms with Crippen molar-refractivity contribution in [2.75, 3.05) is 24.7 Å². The maximum Gasteiger partial charge on any atom is 2.00 e. The van der Waals surface area contributed by atoms with Crippen molar-refractivity contribution in [2.45, 2.75) is 53.4 Å². The van der Waals surface area contributed by atoms with Gasteiger partial charge in [-0.1, -0.05) is 51.3 Å². The molecule has 136 valence electrons. The monoisotopic (exact) mass is 490 g/mol. The summed E-state index contributed by atoms with van der Waals surface area (Å²) in [6.07, 6.45) is 3.71. The van der Waals surface area contributed by atoms with Gasteiger partial charge in [-0.2, -0.15) is 0 Å². The van der Waals surface area contributed by atoms with Crippen molar-refractivity contribution in [1.82, 2.24) is 0 Å². The molecule has 2 unspecified atom stereocenters. The van der Waals surface area contributed by atoms with E-state index in [4.69, 9.17) is 32.7 Å². The minimum absolute atomic E-state index is 0. The van der Waals surface area contributed by atoms with Crippen molar-refractivity contribution in [1.29, 1.82) is 0 Å². The Morgan fingerprint density at radius 3 is 1.26 bits per heavy atom. The Balaban J connectivity index is -0.000000333. The van der Waals surface area contributed by atoms with Gasteiger partial charge < -0.3 is 18.8 Å². The number of hydrogen-bond acceptors (Lipinski definition) is 8. The minimum Gasteiger partial charge on any atom is -0.793 e. The third-order valence-electron chi connectivity index (χ3n) is 1.81. The van der Waals surface area contributed by atoms with Crippen LogP contribution in [0.5, 0.6) is 0 Å². The summed E-state index contributed by atoms with van der Waals surface area (Å²) in [5, 5.41) is 0. The van der Waals surface area contributed by atoms with Crippen LogP contribution in [0.15, 0.2) is 0 Å². The van der Waals surface area contributed by atoms with E-state index in [2.05, 4.69) is 0 Å². The zero-order valence-corrected chi connectivity index (χ0v) is 22.5. The van der Waals surface area contributed by atoms with Crippen molar-refractivity contribution in [3.05, 3.63) is 0 Å². The van der Waals surface area contributed by atoms with E-state index in [1.54, 1.807) is 0 Å². The van der Waals surface area contributed by atoms with Gasteiger partial charge in [0.25, 0.3) is 0 Å². The SMILES string of the molecule is CCCOP([O-])(=S)SCCC.CCCOP([O-])(=S)SCCC.[Zn+2]. The van der Waals surface area contributed by atoms with Gasteiger partial charge in [0, 0.05) is 11.4 Å². The van der Waals surface area contributed by atoms with E-state index in [9.17, 15) is 9.79 Å². The van der Waals surface area contributed by atoms with Crippen LogP contribution in [0.4, 0.5) is 0 Å². The van der Waals surface area contributed by atoms with Crippen LogP contribution in [0, 0.1) is 0 Å². The Kier molecular flexibility index (Phi) is 25.3. The molecule has 4 nitrogen and oxygen atoms in total. The Morgan fingerprint density at radius 2 is 1.04 bits per heavy atom. The summed E-state index contributed by atoms with van der Waals surface area (Å²) >= 11 is 12.1. The summed E-state index contributed by atoms with van der Waals surface area (Å²) in [4.78, 5) is 22.6. The van der Waals surface area contributed by atoms with Gasteiger partial charge in [-0.25, -0.2) is 0 Å². The predicted molar refractivity (Wildman–Crippen MR) is 107 cm³/mol. The molecular weight excluding hydrogens is 464 g/mol. The Hall–Kier alpha value is 2.46. The van der Waals surface area contributed by atoms with Crippen molar-refractivity contribution in [3.63, 3.8) is 0 Å². The second-order valence-electron chi connectivity index (χ2n) is 4.23. The summed E-state index contributed by atoms with van der Waals surface area (Å²) < 4.78 is 10.0. The molecule has 0 saturated carbocycles. The Morgan fingerprint density at radius 1 is 0.739 bits per heavy atom. The first-order chi connectivity index (χ1) is 10.2. The van der Waals surface area contributed by atoms with Crippen LogP contribution in [0.1, 0.15) is 53.4 Å². The maximum atomic E-state index is 11.3. The van der Waals surface area contributed by atoms with Crippen LogP contribution in [-0.2, 0) is 52.1 Å². The first-order valence-electron chi connectivity index (χ1n) is 7.44. The summed E-state index contributed by atoms with van der Waals surface area (Å²) in [5.41, 5.74) is -5.45. The molecule has 11 heteroatoms. The van der Waals surface area contributed by atoms with Gasteiger partial charge in [-0.3, -0.25) is 0 Å². The third-order valence-corrected chi connectivity index (χ3v) is 10.8. The van der Waals surface area contributed by atoms with Crippen LogP contribution < -0.4 is 9.79 Å². The standard InChI is InChI=1S/2C6H15O2PS2.Zn/c2*1-3-5-8-9(7,10)11-6-4-2;/h2*3-6H2,1-2H3,(H,7,10);/q;;+2/p-2. The molecule has 0 heterocycles. The van der Waals surface area contributed by atoms with Crippen molar-refractivity contribution < 1.29 is 38.3 Å². The molecule has 0 aromatic heterocycles. The van der Waals surface area contributed by atoms with Gasteiger partial charge >= 0.3 is 19.5 Å². The van der Waals surface area contributed by atoms with Gasteiger partial charge in [0.05, 0.1) is 13.2 Å². The van der Waals surface area contributed by atoms with Gasteiger partial charge in [0.1, 0.15) is 0 Å². The zero-order chi connectivity index (χ0) is 17.5. The summed E-state index contributed by atoms with van der Waals surface area (Å²) in [5.74, 6) is 1.65. The molecule has 0 N–H and O–H groups in total. The van der Waals surface area contributed by atoms with Gasteiger partial charge in [-0.15, -0.1) is 22.8 Å². The predicted octanol–water partition coefficient (Wildman–Crippen LogP) is 4.28. The first-order valence-corrected chi connectivity index (χ1v) is 15.9. The van der Waals surface area contributed by atoms with E-state index in [1.165, 1.54) is 22.8 Å². The fourth-order valence-corrected chi connectivity index (χ4v) is 7.78. The zero-order valence-electron chi connectivity index (χ0n) is 14.5. The Bertz CT molecular complexity index is 295. The molecule has 0 rings (SSSR count). The molecule has 23 heavy (non-hydrogen) atoms. The van der Waals surface area contributed by atoms with Crippen LogP contribution in [0.25, 0.3) is 0 Å². The van der Waals surface area contributed by atoms with Crippen LogP contribution in [-0.4, -0.2) is 24.7 Å². The second kappa shape index (κ2) is 19.2. The molecular formula is C12H28O4P2S4Zn. The molecule has 0 saturated heterocycles. The van der Waals surface area contributed by atoms with E-state index in [0.717, 1.165) is 37.2 Å². The average molecular weight is 492 g/mol. The smallest absolute Gasteiger partial charge is 0.793 e. The number of hydrogen-bond donors (Lipinski definition) is 0. The van der Waals surface area contributed by atoms with Crippen LogP contribution >= 0.6 is 34.2 Å². The molecule has 0 aliphatic heterocycles. The molecule has 0 aromatic rings. The molecule has 0 aliphatic carbocycles. The first kappa shape index (κ1) is 30.2. The molecule has 0 aliphatic rings. The fourth-order valence-electron chi connectivity index (χ4n) is 0.887. The van der Waals surface area contributed by atoms with E-state index in [-0.39, 0.29) is 19.5 Å². The molecule has 0 fully saturated rings. The molecule has 0 bridgehead atoms. The van der Waals surface area contributed by atoms with E-state index < -0.39 is 11.4 Å². The minimum atomic E-state index is -2.73. The van der Waals surface area contributed by atoms with Gasteiger partial charge in [-0.05, 0) is 37.2 Å². The van der Waals surface area contributed by atoms with Crippen LogP contribution in [0.3, 0.4) is 0 Å².